The number of Topliss-reactive ketones (excluding diaryl/α,β-unsaturated/α-hetero) is 1. The SMILES string of the molecule is CCCC1CCC(C2CCC(C(C)=O)CC2)C(C)C1. The van der Waals surface area contributed by atoms with Crippen molar-refractivity contribution < 1.29 is 4.79 Å². The van der Waals surface area contributed by atoms with Gasteiger partial charge in [0, 0.05) is 5.92 Å². The summed E-state index contributed by atoms with van der Waals surface area (Å²) in [6.07, 6.45) is 12.2. The van der Waals surface area contributed by atoms with Crippen LogP contribution in [-0.2, 0) is 4.79 Å². The number of rotatable bonds is 4. The zero-order chi connectivity index (χ0) is 13.8. The van der Waals surface area contributed by atoms with Crippen molar-refractivity contribution in [2.24, 2.45) is 29.6 Å². The predicted octanol–water partition coefficient (Wildman–Crippen LogP) is 5.23. The Balaban J connectivity index is 1.82. The van der Waals surface area contributed by atoms with Gasteiger partial charge in [0.2, 0.25) is 0 Å². The lowest BCUT2D eigenvalue weighted by molar-refractivity contribution is -0.122. The average molecular weight is 264 g/mol. The number of carbonyl (C=O) groups is 1. The van der Waals surface area contributed by atoms with Crippen LogP contribution in [0.25, 0.3) is 0 Å². The highest BCUT2D eigenvalue weighted by Gasteiger charge is 2.35. The third kappa shape index (κ3) is 3.83. The van der Waals surface area contributed by atoms with Crippen LogP contribution in [0.4, 0.5) is 0 Å². The van der Waals surface area contributed by atoms with Gasteiger partial charge in [0.05, 0.1) is 0 Å². The maximum Gasteiger partial charge on any atom is 0.132 e. The highest BCUT2D eigenvalue weighted by Crippen LogP contribution is 2.45. The third-order valence-corrected chi connectivity index (χ3v) is 5.99. The van der Waals surface area contributed by atoms with Gasteiger partial charge in [0.15, 0.2) is 0 Å². The van der Waals surface area contributed by atoms with E-state index in [-0.39, 0.29) is 0 Å². The Kier molecular flexibility index (Phi) is 5.47. The molecule has 1 heteroatoms. The van der Waals surface area contributed by atoms with Gasteiger partial charge in [-0.25, -0.2) is 0 Å². The van der Waals surface area contributed by atoms with Crippen molar-refractivity contribution in [3.63, 3.8) is 0 Å². The van der Waals surface area contributed by atoms with Crippen molar-refractivity contribution in [1.29, 1.82) is 0 Å². The van der Waals surface area contributed by atoms with Crippen LogP contribution in [0.1, 0.15) is 78.6 Å². The molecular weight excluding hydrogens is 232 g/mol. The van der Waals surface area contributed by atoms with E-state index in [2.05, 4.69) is 13.8 Å². The lowest BCUT2D eigenvalue weighted by Crippen LogP contribution is -2.32. The lowest BCUT2D eigenvalue weighted by atomic mass is 9.64. The summed E-state index contributed by atoms with van der Waals surface area (Å²) in [5.74, 6) is 4.63. The molecule has 2 fully saturated rings. The summed E-state index contributed by atoms with van der Waals surface area (Å²) in [7, 11) is 0. The fourth-order valence-electron chi connectivity index (χ4n) is 4.86. The quantitative estimate of drug-likeness (QED) is 0.679. The largest absolute Gasteiger partial charge is 0.300 e. The maximum absolute atomic E-state index is 11.5. The number of hydrogen-bond donors (Lipinski definition) is 0. The summed E-state index contributed by atoms with van der Waals surface area (Å²) in [5, 5.41) is 0. The molecule has 1 nitrogen and oxygen atoms in total. The molecule has 0 aromatic heterocycles. The van der Waals surface area contributed by atoms with Crippen LogP contribution in [0.15, 0.2) is 0 Å². The van der Waals surface area contributed by atoms with Crippen LogP contribution in [0.3, 0.4) is 0 Å². The topological polar surface area (TPSA) is 17.1 Å². The Labute approximate surface area is 119 Å². The summed E-state index contributed by atoms with van der Waals surface area (Å²) < 4.78 is 0. The second-order valence-corrected chi connectivity index (χ2v) is 7.33. The molecule has 2 aliphatic carbocycles. The summed E-state index contributed by atoms with van der Waals surface area (Å²) in [5.41, 5.74) is 0. The first-order valence-electron chi connectivity index (χ1n) is 8.62. The standard InChI is InChI=1S/C18H32O/c1-4-5-15-6-11-18(13(2)12-15)17-9-7-16(8-10-17)14(3)19/h13,15-18H,4-12H2,1-3H3. The highest BCUT2D eigenvalue weighted by molar-refractivity contribution is 5.78. The maximum atomic E-state index is 11.5. The molecule has 3 unspecified atom stereocenters. The molecule has 0 aliphatic heterocycles. The fourth-order valence-corrected chi connectivity index (χ4v) is 4.86. The van der Waals surface area contributed by atoms with Crippen LogP contribution in [0, 0.1) is 29.6 Å². The van der Waals surface area contributed by atoms with Crippen molar-refractivity contribution in [1.82, 2.24) is 0 Å². The molecule has 0 aromatic rings. The Bertz CT molecular complexity index is 288. The molecule has 2 aliphatic rings. The minimum atomic E-state index is 0.392. The highest BCUT2D eigenvalue weighted by atomic mass is 16.1. The molecule has 0 N–H and O–H groups in total. The molecule has 19 heavy (non-hydrogen) atoms. The average Bonchev–Trinajstić information content (AvgIpc) is 2.39. The van der Waals surface area contributed by atoms with E-state index in [1.165, 1.54) is 57.8 Å². The molecule has 2 rings (SSSR count). The smallest absolute Gasteiger partial charge is 0.132 e. The zero-order valence-corrected chi connectivity index (χ0v) is 13.2. The minimum absolute atomic E-state index is 0.392. The van der Waals surface area contributed by atoms with Gasteiger partial charge in [0.25, 0.3) is 0 Å². The second kappa shape index (κ2) is 6.90. The van der Waals surface area contributed by atoms with E-state index in [4.69, 9.17) is 0 Å². The van der Waals surface area contributed by atoms with E-state index >= 15 is 0 Å². The van der Waals surface area contributed by atoms with Crippen molar-refractivity contribution in [3.8, 4) is 0 Å². The van der Waals surface area contributed by atoms with Gasteiger partial charge in [-0.05, 0) is 69.1 Å². The van der Waals surface area contributed by atoms with Crippen LogP contribution in [-0.4, -0.2) is 5.78 Å². The Morgan fingerprint density at radius 3 is 2.26 bits per heavy atom. The van der Waals surface area contributed by atoms with Gasteiger partial charge in [-0.3, -0.25) is 4.79 Å². The minimum Gasteiger partial charge on any atom is -0.300 e. The van der Waals surface area contributed by atoms with Crippen molar-refractivity contribution in [2.45, 2.75) is 78.6 Å². The second-order valence-electron chi connectivity index (χ2n) is 7.33. The summed E-state index contributed by atoms with van der Waals surface area (Å²) in [6, 6.07) is 0. The normalized spacial score (nSPS) is 40.1. The van der Waals surface area contributed by atoms with Crippen molar-refractivity contribution in [3.05, 3.63) is 0 Å². The summed E-state index contributed by atoms with van der Waals surface area (Å²) in [4.78, 5) is 11.5. The monoisotopic (exact) mass is 264 g/mol. The molecule has 110 valence electrons. The molecule has 3 atom stereocenters. The van der Waals surface area contributed by atoms with Gasteiger partial charge < -0.3 is 0 Å². The van der Waals surface area contributed by atoms with Crippen LogP contribution < -0.4 is 0 Å². The van der Waals surface area contributed by atoms with Crippen molar-refractivity contribution >= 4 is 5.78 Å². The molecule has 0 aromatic carbocycles. The van der Waals surface area contributed by atoms with E-state index < -0.39 is 0 Å². The summed E-state index contributed by atoms with van der Waals surface area (Å²) >= 11 is 0. The number of hydrogen-bond acceptors (Lipinski definition) is 1. The molecule has 0 radical (unpaired) electrons. The van der Waals surface area contributed by atoms with Crippen LogP contribution >= 0.6 is 0 Å². The molecule has 2 saturated carbocycles. The molecule has 0 amide bonds. The Morgan fingerprint density at radius 2 is 1.74 bits per heavy atom. The zero-order valence-electron chi connectivity index (χ0n) is 13.2. The van der Waals surface area contributed by atoms with Gasteiger partial charge in [-0.15, -0.1) is 0 Å². The van der Waals surface area contributed by atoms with Crippen molar-refractivity contribution in [2.75, 3.05) is 0 Å². The molecule has 0 saturated heterocycles. The van der Waals surface area contributed by atoms with E-state index in [0.29, 0.717) is 11.7 Å². The van der Waals surface area contributed by atoms with E-state index in [0.717, 1.165) is 23.7 Å². The van der Waals surface area contributed by atoms with E-state index in [9.17, 15) is 4.79 Å². The lowest BCUT2D eigenvalue weighted by Gasteiger charge is -2.41. The Morgan fingerprint density at radius 1 is 1.05 bits per heavy atom. The van der Waals surface area contributed by atoms with Crippen LogP contribution in [0.2, 0.25) is 0 Å². The molecule has 0 heterocycles. The van der Waals surface area contributed by atoms with Gasteiger partial charge in [-0.2, -0.15) is 0 Å². The van der Waals surface area contributed by atoms with Crippen LogP contribution in [0.5, 0.6) is 0 Å². The number of carbonyl (C=O) groups excluding carboxylic acids is 1. The molecular formula is C18H32O. The van der Waals surface area contributed by atoms with Gasteiger partial charge in [0.1, 0.15) is 5.78 Å². The fraction of sp³-hybridized carbons (Fsp3) is 0.944. The van der Waals surface area contributed by atoms with Gasteiger partial charge >= 0.3 is 0 Å². The first-order chi connectivity index (χ1) is 9.11. The Hall–Kier alpha value is -0.330. The third-order valence-electron chi connectivity index (χ3n) is 5.99. The van der Waals surface area contributed by atoms with E-state index in [1.54, 1.807) is 6.92 Å². The predicted molar refractivity (Wildman–Crippen MR) is 81.0 cm³/mol. The summed E-state index contributed by atoms with van der Waals surface area (Å²) in [6.45, 7) is 6.59. The van der Waals surface area contributed by atoms with Gasteiger partial charge in [-0.1, -0.05) is 33.1 Å². The first-order valence-corrected chi connectivity index (χ1v) is 8.62. The molecule has 0 bridgehead atoms. The first kappa shape index (κ1) is 15.1. The molecule has 0 spiro atoms. The number of ketones is 1. The van der Waals surface area contributed by atoms with E-state index in [1.807, 2.05) is 0 Å².